The highest BCUT2D eigenvalue weighted by molar-refractivity contribution is 7.92. The number of rotatable bonds is 7. The SMILES string of the molecule is CCOc1ccc(S(=O)(=O)Nc2cccc(Cl)c2C)cc1OCC. The molecule has 0 spiro atoms. The summed E-state index contributed by atoms with van der Waals surface area (Å²) >= 11 is 6.04. The minimum absolute atomic E-state index is 0.0915. The minimum atomic E-state index is -3.77. The molecule has 0 unspecified atom stereocenters. The van der Waals surface area contributed by atoms with Gasteiger partial charge in [0.1, 0.15) is 0 Å². The Labute approximate surface area is 147 Å². The fraction of sp³-hybridized carbons (Fsp3) is 0.294. The molecule has 0 aliphatic rings. The third-order valence-electron chi connectivity index (χ3n) is 3.34. The van der Waals surface area contributed by atoms with Crippen molar-refractivity contribution in [2.75, 3.05) is 17.9 Å². The zero-order chi connectivity index (χ0) is 17.7. The van der Waals surface area contributed by atoms with E-state index in [1.54, 1.807) is 31.2 Å². The van der Waals surface area contributed by atoms with Gasteiger partial charge in [0.05, 0.1) is 23.8 Å². The van der Waals surface area contributed by atoms with Gasteiger partial charge in [-0.25, -0.2) is 8.42 Å². The smallest absolute Gasteiger partial charge is 0.262 e. The molecule has 2 aromatic carbocycles. The highest BCUT2D eigenvalue weighted by Crippen LogP contribution is 2.32. The van der Waals surface area contributed by atoms with Gasteiger partial charge < -0.3 is 9.47 Å². The van der Waals surface area contributed by atoms with Crippen molar-refractivity contribution >= 4 is 27.3 Å². The second kappa shape index (κ2) is 7.77. The first kappa shape index (κ1) is 18.4. The Morgan fingerprint density at radius 1 is 1.04 bits per heavy atom. The molecule has 2 rings (SSSR count). The molecule has 24 heavy (non-hydrogen) atoms. The Hall–Kier alpha value is -1.92. The highest BCUT2D eigenvalue weighted by atomic mass is 35.5. The van der Waals surface area contributed by atoms with Crippen molar-refractivity contribution in [1.82, 2.24) is 0 Å². The molecule has 0 radical (unpaired) electrons. The fourth-order valence-electron chi connectivity index (χ4n) is 2.12. The van der Waals surface area contributed by atoms with Crippen molar-refractivity contribution in [1.29, 1.82) is 0 Å². The molecular weight excluding hydrogens is 350 g/mol. The van der Waals surface area contributed by atoms with Crippen LogP contribution in [0.2, 0.25) is 5.02 Å². The maximum Gasteiger partial charge on any atom is 0.262 e. The lowest BCUT2D eigenvalue weighted by Gasteiger charge is -2.14. The van der Waals surface area contributed by atoms with Gasteiger partial charge in [-0.3, -0.25) is 4.72 Å². The van der Waals surface area contributed by atoms with Gasteiger partial charge in [0.15, 0.2) is 11.5 Å². The normalized spacial score (nSPS) is 11.2. The van der Waals surface area contributed by atoms with Crippen LogP contribution in [0.1, 0.15) is 19.4 Å². The second-order valence-corrected chi connectivity index (χ2v) is 7.08. The molecule has 0 amide bonds. The number of hydrogen-bond acceptors (Lipinski definition) is 4. The fourth-order valence-corrected chi connectivity index (χ4v) is 3.43. The summed E-state index contributed by atoms with van der Waals surface area (Å²) < 4.78 is 38.8. The van der Waals surface area contributed by atoms with Crippen molar-refractivity contribution in [3.8, 4) is 11.5 Å². The van der Waals surface area contributed by atoms with Gasteiger partial charge in [-0.15, -0.1) is 0 Å². The maximum absolute atomic E-state index is 12.6. The van der Waals surface area contributed by atoms with E-state index in [1.807, 2.05) is 13.8 Å². The third-order valence-corrected chi connectivity index (χ3v) is 5.11. The van der Waals surface area contributed by atoms with Crippen molar-refractivity contribution in [2.45, 2.75) is 25.7 Å². The molecule has 0 aromatic heterocycles. The van der Waals surface area contributed by atoms with Crippen molar-refractivity contribution in [3.05, 3.63) is 47.0 Å². The lowest BCUT2D eigenvalue weighted by atomic mass is 10.2. The number of hydrogen-bond donors (Lipinski definition) is 1. The molecule has 5 nitrogen and oxygen atoms in total. The quantitative estimate of drug-likeness (QED) is 0.792. The van der Waals surface area contributed by atoms with Crippen LogP contribution in [0.3, 0.4) is 0 Å². The van der Waals surface area contributed by atoms with Gasteiger partial charge in [0.25, 0.3) is 10.0 Å². The van der Waals surface area contributed by atoms with Gasteiger partial charge in [0.2, 0.25) is 0 Å². The van der Waals surface area contributed by atoms with Crippen LogP contribution in [0.5, 0.6) is 11.5 Å². The maximum atomic E-state index is 12.6. The second-order valence-electron chi connectivity index (χ2n) is 4.99. The molecule has 1 N–H and O–H groups in total. The average Bonchev–Trinajstić information content (AvgIpc) is 2.54. The zero-order valence-corrected chi connectivity index (χ0v) is 15.4. The number of nitrogens with one attached hydrogen (secondary N) is 1. The number of anilines is 1. The van der Waals surface area contributed by atoms with E-state index in [0.717, 1.165) is 0 Å². The Kier molecular flexibility index (Phi) is 5.96. The molecule has 7 heteroatoms. The van der Waals surface area contributed by atoms with E-state index in [9.17, 15) is 8.42 Å². The molecule has 0 aliphatic heterocycles. The molecule has 0 heterocycles. The van der Waals surface area contributed by atoms with Crippen molar-refractivity contribution in [2.24, 2.45) is 0 Å². The zero-order valence-electron chi connectivity index (χ0n) is 13.8. The first-order chi connectivity index (χ1) is 11.4. The van der Waals surface area contributed by atoms with Gasteiger partial charge in [-0.2, -0.15) is 0 Å². The van der Waals surface area contributed by atoms with E-state index in [-0.39, 0.29) is 4.90 Å². The summed E-state index contributed by atoms with van der Waals surface area (Å²) in [6.07, 6.45) is 0. The summed E-state index contributed by atoms with van der Waals surface area (Å²) in [6.45, 7) is 6.30. The third kappa shape index (κ3) is 4.13. The Bertz CT molecular complexity index is 821. The summed E-state index contributed by atoms with van der Waals surface area (Å²) in [5.74, 6) is 0.905. The van der Waals surface area contributed by atoms with Crippen LogP contribution in [0.25, 0.3) is 0 Å². The molecule has 130 valence electrons. The number of ether oxygens (including phenoxy) is 2. The number of sulfonamides is 1. The van der Waals surface area contributed by atoms with Gasteiger partial charge in [-0.1, -0.05) is 17.7 Å². The van der Waals surface area contributed by atoms with Crippen LogP contribution < -0.4 is 14.2 Å². The van der Waals surface area contributed by atoms with Crippen LogP contribution in [0.15, 0.2) is 41.3 Å². The van der Waals surface area contributed by atoms with E-state index in [0.29, 0.717) is 41.0 Å². The van der Waals surface area contributed by atoms with Gasteiger partial charge in [-0.05, 0) is 50.6 Å². The molecule has 0 atom stereocenters. The van der Waals surface area contributed by atoms with Crippen LogP contribution in [-0.2, 0) is 10.0 Å². The Balaban J connectivity index is 2.38. The number of benzene rings is 2. The van der Waals surface area contributed by atoms with Crippen LogP contribution in [0.4, 0.5) is 5.69 Å². The van der Waals surface area contributed by atoms with E-state index in [2.05, 4.69) is 4.72 Å². The van der Waals surface area contributed by atoms with E-state index in [1.165, 1.54) is 12.1 Å². The van der Waals surface area contributed by atoms with Crippen molar-refractivity contribution < 1.29 is 17.9 Å². The van der Waals surface area contributed by atoms with E-state index >= 15 is 0 Å². The summed E-state index contributed by atoms with van der Waals surface area (Å²) in [5, 5.41) is 0.497. The van der Waals surface area contributed by atoms with E-state index in [4.69, 9.17) is 21.1 Å². The number of halogens is 1. The lowest BCUT2D eigenvalue weighted by Crippen LogP contribution is -2.14. The standard InChI is InChI=1S/C17H20ClNO4S/c1-4-22-16-10-9-13(11-17(16)23-5-2)24(20,21)19-15-8-6-7-14(18)12(15)3/h6-11,19H,4-5H2,1-3H3. The molecule has 0 bridgehead atoms. The summed E-state index contributed by atoms with van der Waals surface area (Å²) in [4.78, 5) is 0.0915. The monoisotopic (exact) mass is 369 g/mol. The van der Waals surface area contributed by atoms with Gasteiger partial charge >= 0.3 is 0 Å². The van der Waals surface area contributed by atoms with E-state index < -0.39 is 10.0 Å². The molecule has 0 saturated heterocycles. The average molecular weight is 370 g/mol. The molecule has 0 fully saturated rings. The van der Waals surface area contributed by atoms with Crippen LogP contribution in [0, 0.1) is 6.92 Å². The van der Waals surface area contributed by atoms with Gasteiger partial charge in [0, 0.05) is 11.1 Å². The molecule has 0 saturated carbocycles. The summed E-state index contributed by atoms with van der Waals surface area (Å²) in [6, 6.07) is 9.59. The summed E-state index contributed by atoms with van der Waals surface area (Å²) in [7, 11) is -3.77. The highest BCUT2D eigenvalue weighted by Gasteiger charge is 2.18. The first-order valence-electron chi connectivity index (χ1n) is 7.56. The summed E-state index contributed by atoms with van der Waals surface area (Å²) in [5.41, 5.74) is 1.10. The van der Waals surface area contributed by atoms with Crippen molar-refractivity contribution in [3.63, 3.8) is 0 Å². The lowest BCUT2D eigenvalue weighted by molar-refractivity contribution is 0.287. The molecular formula is C17H20ClNO4S. The molecule has 2 aromatic rings. The largest absolute Gasteiger partial charge is 0.490 e. The molecule has 0 aliphatic carbocycles. The Morgan fingerprint density at radius 2 is 1.71 bits per heavy atom. The predicted molar refractivity (Wildman–Crippen MR) is 95.8 cm³/mol. The van der Waals surface area contributed by atoms with Crippen LogP contribution >= 0.6 is 11.6 Å². The predicted octanol–water partition coefficient (Wildman–Crippen LogP) is 4.25. The first-order valence-corrected chi connectivity index (χ1v) is 9.42. The topological polar surface area (TPSA) is 64.6 Å². The Morgan fingerprint density at radius 3 is 2.38 bits per heavy atom. The van der Waals surface area contributed by atoms with Crippen LogP contribution in [-0.4, -0.2) is 21.6 Å². The minimum Gasteiger partial charge on any atom is -0.490 e.